The standard InChI is InChI=1S/C32H29Cl2N3O3/c1-18-11-19(2)26(12-20(18)17-40-25-9-7-24(39-3)8-10-25)30-27(16-35)32(36)37(23-14-21(33)13-22(34)15-23)28-5-4-6-29(38)31(28)30/h7-15,30H,4-6,17,36H2,1-3H3. The Labute approximate surface area is 244 Å². The van der Waals surface area contributed by atoms with Crippen LogP contribution in [-0.4, -0.2) is 12.9 Å². The number of nitrogens with zero attached hydrogens (tertiary/aromatic N) is 2. The SMILES string of the molecule is COc1ccc(OCc2cc(C3C(C#N)=C(N)N(c4cc(Cl)cc(Cl)c4)C4=C3C(=O)CCC4)c(C)cc2C)cc1. The van der Waals surface area contributed by atoms with E-state index in [0.717, 1.165) is 33.7 Å². The van der Waals surface area contributed by atoms with Crippen LogP contribution in [0.25, 0.3) is 0 Å². The third kappa shape index (κ3) is 5.15. The van der Waals surface area contributed by atoms with Gasteiger partial charge in [0.25, 0.3) is 0 Å². The summed E-state index contributed by atoms with van der Waals surface area (Å²) in [5, 5.41) is 11.3. The first-order valence-electron chi connectivity index (χ1n) is 13.0. The van der Waals surface area contributed by atoms with E-state index >= 15 is 0 Å². The Kier molecular flexibility index (Phi) is 7.80. The van der Waals surface area contributed by atoms with Gasteiger partial charge in [-0.1, -0.05) is 35.3 Å². The molecule has 1 heterocycles. The Balaban J connectivity index is 1.61. The summed E-state index contributed by atoms with van der Waals surface area (Å²) in [6.07, 6.45) is 1.74. The summed E-state index contributed by atoms with van der Waals surface area (Å²) in [6.45, 7) is 4.35. The van der Waals surface area contributed by atoms with Crippen LogP contribution in [0.5, 0.6) is 11.5 Å². The molecular formula is C32H29Cl2N3O3. The summed E-state index contributed by atoms with van der Waals surface area (Å²) in [5.74, 6) is 1.17. The number of carbonyl (C=O) groups excluding carboxylic acids is 1. The van der Waals surface area contributed by atoms with Crippen molar-refractivity contribution in [3.8, 4) is 17.6 Å². The normalized spacial score (nSPS) is 17.1. The number of nitrogens with two attached hydrogens (primary N) is 1. The first-order valence-corrected chi connectivity index (χ1v) is 13.8. The molecule has 0 bridgehead atoms. The van der Waals surface area contributed by atoms with Crippen molar-refractivity contribution in [2.75, 3.05) is 12.0 Å². The van der Waals surface area contributed by atoms with Crippen LogP contribution >= 0.6 is 23.2 Å². The van der Waals surface area contributed by atoms with Crippen molar-refractivity contribution in [3.63, 3.8) is 0 Å². The lowest BCUT2D eigenvalue weighted by molar-refractivity contribution is -0.116. The molecule has 204 valence electrons. The first kappa shape index (κ1) is 27.6. The van der Waals surface area contributed by atoms with Gasteiger partial charge in [0, 0.05) is 27.7 Å². The Morgan fingerprint density at radius 2 is 1.68 bits per heavy atom. The van der Waals surface area contributed by atoms with Crippen LogP contribution in [0.1, 0.15) is 47.4 Å². The van der Waals surface area contributed by atoms with Crippen molar-refractivity contribution in [3.05, 3.63) is 110 Å². The molecular weight excluding hydrogens is 545 g/mol. The molecule has 0 radical (unpaired) electrons. The summed E-state index contributed by atoms with van der Waals surface area (Å²) in [5.41, 5.74) is 12.9. The van der Waals surface area contributed by atoms with E-state index in [9.17, 15) is 10.1 Å². The van der Waals surface area contributed by atoms with Gasteiger partial charge in [-0.15, -0.1) is 0 Å². The summed E-state index contributed by atoms with van der Waals surface area (Å²) >= 11 is 12.6. The van der Waals surface area contributed by atoms with E-state index in [2.05, 4.69) is 12.1 Å². The second-order valence-electron chi connectivity index (χ2n) is 10.0. The second kappa shape index (κ2) is 11.3. The lowest BCUT2D eigenvalue weighted by atomic mass is 9.74. The predicted octanol–water partition coefficient (Wildman–Crippen LogP) is 7.50. The van der Waals surface area contributed by atoms with E-state index in [1.54, 1.807) is 30.2 Å². The van der Waals surface area contributed by atoms with E-state index in [1.165, 1.54) is 0 Å². The predicted molar refractivity (Wildman–Crippen MR) is 158 cm³/mol. The molecule has 1 unspecified atom stereocenters. The van der Waals surface area contributed by atoms with E-state index in [1.807, 2.05) is 44.2 Å². The topological polar surface area (TPSA) is 88.6 Å². The zero-order valence-electron chi connectivity index (χ0n) is 22.6. The zero-order valence-corrected chi connectivity index (χ0v) is 24.1. The Bertz CT molecular complexity index is 1580. The van der Waals surface area contributed by atoms with Gasteiger partial charge in [0.1, 0.15) is 23.9 Å². The van der Waals surface area contributed by atoms with Crippen LogP contribution in [0.2, 0.25) is 10.0 Å². The number of methoxy groups -OCH3 is 1. The molecule has 2 aliphatic rings. The van der Waals surface area contributed by atoms with Crippen molar-refractivity contribution < 1.29 is 14.3 Å². The van der Waals surface area contributed by atoms with Crippen LogP contribution in [0.15, 0.2) is 77.3 Å². The highest BCUT2D eigenvalue weighted by molar-refractivity contribution is 6.35. The molecule has 8 heteroatoms. The quantitative estimate of drug-likeness (QED) is 0.328. The third-order valence-electron chi connectivity index (χ3n) is 7.51. The monoisotopic (exact) mass is 573 g/mol. The highest BCUT2D eigenvalue weighted by Crippen LogP contribution is 2.47. The number of aryl methyl sites for hydroxylation is 2. The van der Waals surface area contributed by atoms with Crippen molar-refractivity contribution >= 4 is 34.7 Å². The van der Waals surface area contributed by atoms with Gasteiger partial charge in [-0.2, -0.15) is 5.26 Å². The number of Topliss-reactive ketones (excluding diaryl/α,β-unsaturated/α-hetero) is 1. The molecule has 3 aromatic carbocycles. The molecule has 0 spiro atoms. The smallest absolute Gasteiger partial charge is 0.161 e. The van der Waals surface area contributed by atoms with Crippen LogP contribution in [-0.2, 0) is 11.4 Å². The van der Waals surface area contributed by atoms with Crippen LogP contribution in [0.4, 0.5) is 5.69 Å². The third-order valence-corrected chi connectivity index (χ3v) is 7.94. The molecule has 40 heavy (non-hydrogen) atoms. The minimum absolute atomic E-state index is 0.0145. The number of benzene rings is 3. The summed E-state index contributed by atoms with van der Waals surface area (Å²) in [7, 11) is 1.62. The number of hydrogen-bond donors (Lipinski definition) is 1. The molecule has 2 N–H and O–H groups in total. The number of allylic oxidation sites excluding steroid dienone is 3. The van der Waals surface area contributed by atoms with E-state index in [4.69, 9.17) is 38.4 Å². The minimum Gasteiger partial charge on any atom is -0.497 e. The molecule has 1 aliphatic heterocycles. The fourth-order valence-electron chi connectivity index (χ4n) is 5.58. The maximum atomic E-state index is 13.6. The number of anilines is 1. The highest BCUT2D eigenvalue weighted by atomic mass is 35.5. The molecule has 3 aromatic rings. The molecule has 0 saturated carbocycles. The molecule has 1 atom stereocenters. The van der Waals surface area contributed by atoms with Crippen LogP contribution in [0, 0.1) is 25.2 Å². The molecule has 0 amide bonds. The average molecular weight is 575 g/mol. The number of nitriles is 1. The van der Waals surface area contributed by atoms with Gasteiger partial charge in [-0.05, 0) is 91.4 Å². The maximum absolute atomic E-state index is 13.6. The summed E-state index contributed by atoms with van der Waals surface area (Å²) in [4.78, 5) is 15.3. The van der Waals surface area contributed by atoms with Gasteiger partial charge in [0.2, 0.25) is 0 Å². The van der Waals surface area contributed by atoms with Gasteiger partial charge in [-0.25, -0.2) is 0 Å². The van der Waals surface area contributed by atoms with Gasteiger partial charge in [-0.3, -0.25) is 9.69 Å². The van der Waals surface area contributed by atoms with E-state index < -0.39 is 5.92 Å². The minimum atomic E-state index is -0.584. The molecule has 0 saturated heterocycles. The molecule has 1 aliphatic carbocycles. The fourth-order valence-corrected chi connectivity index (χ4v) is 6.09. The van der Waals surface area contributed by atoms with E-state index in [0.29, 0.717) is 58.5 Å². The highest BCUT2D eigenvalue weighted by Gasteiger charge is 2.41. The zero-order chi connectivity index (χ0) is 28.6. The Hall–Kier alpha value is -3.92. The first-order chi connectivity index (χ1) is 19.2. The molecule has 5 rings (SSSR count). The Morgan fingerprint density at radius 3 is 2.33 bits per heavy atom. The van der Waals surface area contributed by atoms with E-state index in [-0.39, 0.29) is 11.6 Å². The van der Waals surface area contributed by atoms with Gasteiger partial charge < -0.3 is 15.2 Å². The van der Waals surface area contributed by atoms with Crippen molar-refractivity contribution in [2.45, 2.75) is 45.6 Å². The van der Waals surface area contributed by atoms with Crippen molar-refractivity contribution in [1.82, 2.24) is 0 Å². The number of carbonyl (C=O) groups is 1. The molecule has 0 fully saturated rings. The van der Waals surface area contributed by atoms with Crippen LogP contribution < -0.4 is 20.1 Å². The molecule has 0 aromatic heterocycles. The number of ketones is 1. The molecule has 6 nitrogen and oxygen atoms in total. The Morgan fingerprint density at radius 1 is 1.00 bits per heavy atom. The van der Waals surface area contributed by atoms with Gasteiger partial charge in [0.05, 0.1) is 30.4 Å². The average Bonchev–Trinajstić information content (AvgIpc) is 2.92. The fraction of sp³-hybridized carbons (Fsp3) is 0.250. The van der Waals surface area contributed by atoms with Gasteiger partial charge in [0.15, 0.2) is 5.78 Å². The lowest BCUT2D eigenvalue weighted by Crippen LogP contribution is -2.39. The number of ether oxygens (including phenoxy) is 2. The van der Waals surface area contributed by atoms with Crippen molar-refractivity contribution in [2.24, 2.45) is 5.73 Å². The number of halogens is 2. The van der Waals surface area contributed by atoms with Crippen LogP contribution in [0.3, 0.4) is 0 Å². The number of hydrogen-bond acceptors (Lipinski definition) is 6. The lowest BCUT2D eigenvalue weighted by Gasteiger charge is -2.40. The summed E-state index contributed by atoms with van der Waals surface area (Å²) < 4.78 is 11.3. The summed E-state index contributed by atoms with van der Waals surface area (Å²) in [6, 6.07) is 19.0. The maximum Gasteiger partial charge on any atom is 0.161 e. The van der Waals surface area contributed by atoms with Crippen molar-refractivity contribution in [1.29, 1.82) is 5.26 Å². The van der Waals surface area contributed by atoms with Gasteiger partial charge >= 0.3 is 0 Å². The second-order valence-corrected chi connectivity index (χ2v) is 10.9. The number of rotatable bonds is 6. The largest absolute Gasteiger partial charge is 0.497 e.